The fourth-order valence-corrected chi connectivity index (χ4v) is 4.79. The Bertz CT molecular complexity index is 1020. The van der Waals surface area contributed by atoms with E-state index in [1.165, 1.54) is 0 Å². The minimum Gasteiger partial charge on any atom is -0.384 e. The lowest BCUT2D eigenvalue weighted by Crippen LogP contribution is -2.25. The average molecular weight is 397 g/mol. The molecule has 2 aliphatic rings. The number of aliphatic hydroxyl groups is 1. The molecule has 0 saturated heterocycles. The minimum absolute atomic E-state index is 0.355. The second-order valence-electron chi connectivity index (χ2n) is 6.98. The number of nitrogens with zero attached hydrogens (tertiary/aromatic N) is 3. The van der Waals surface area contributed by atoms with Crippen molar-refractivity contribution in [2.75, 3.05) is 0 Å². The van der Waals surface area contributed by atoms with Gasteiger partial charge in [-0.15, -0.1) is 11.3 Å². The van der Waals surface area contributed by atoms with Gasteiger partial charge >= 0.3 is 0 Å². The Kier molecular flexibility index (Phi) is 4.00. The van der Waals surface area contributed by atoms with Gasteiger partial charge in [0.05, 0.1) is 29.4 Å². The Labute approximate surface area is 165 Å². The van der Waals surface area contributed by atoms with Gasteiger partial charge in [0.15, 0.2) is 0 Å². The Morgan fingerprint density at radius 2 is 2.00 bits per heavy atom. The van der Waals surface area contributed by atoms with E-state index in [1.807, 2.05) is 24.3 Å². The molecule has 136 valence electrons. The van der Waals surface area contributed by atoms with Gasteiger partial charge in [-0.05, 0) is 29.8 Å². The molecule has 1 saturated carbocycles. The molecule has 7 heteroatoms. The first-order chi connectivity index (χ1) is 13.1. The summed E-state index contributed by atoms with van der Waals surface area (Å²) in [5, 5.41) is 23.1. The van der Waals surface area contributed by atoms with Crippen LogP contribution in [0.3, 0.4) is 0 Å². The van der Waals surface area contributed by atoms with E-state index in [4.69, 9.17) is 16.6 Å². The normalized spacial score (nSPS) is 24.1. The number of nitrogens with one attached hydrogen (secondary N) is 1. The smallest absolute Gasteiger partial charge is 0.139 e. The number of fused-ring (bicyclic) bond motifs is 1. The molecule has 27 heavy (non-hydrogen) atoms. The number of halogens is 1. The highest BCUT2D eigenvalue weighted by molar-refractivity contribution is 7.17. The predicted octanol–water partition coefficient (Wildman–Crippen LogP) is 3.68. The topological polar surface area (TPSA) is 70.4 Å². The molecule has 4 atom stereocenters. The highest BCUT2D eigenvalue weighted by Crippen LogP contribution is 2.42. The van der Waals surface area contributed by atoms with E-state index in [0.717, 1.165) is 32.3 Å². The lowest BCUT2D eigenvalue weighted by molar-refractivity contribution is 0.220. The first kappa shape index (κ1) is 16.9. The summed E-state index contributed by atoms with van der Waals surface area (Å²) >= 11 is 7.61. The summed E-state index contributed by atoms with van der Waals surface area (Å²) in [6.45, 7) is 2.20. The molecule has 0 amide bonds. The molecular formula is C20H17ClN4OS. The molecule has 1 aliphatic heterocycles. The van der Waals surface area contributed by atoms with Crippen LogP contribution in [0.4, 0.5) is 0 Å². The summed E-state index contributed by atoms with van der Waals surface area (Å²) in [5.74, 6) is 1.46. The van der Waals surface area contributed by atoms with Crippen molar-refractivity contribution in [1.82, 2.24) is 15.5 Å². The molecule has 2 N–H and O–H groups in total. The molecule has 0 radical (unpaired) electrons. The minimum atomic E-state index is -0.754. The van der Waals surface area contributed by atoms with Gasteiger partial charge in [0.1, 0.15) is 11.9 Å². The summed E-state index contributed by atoms with van der Waals surface area (Å²) in [6.07, 6.45) is 2.65. The maximum absolute atomic E-state index is 11.1. The quantitative estimate of drug-likeness (QED) is 0.705. The zero-order valence-corrected chi connectivity index (χ0v) is 16.1. The first-order valence-corrected chi connectivity index (χ1v) is 10.0. The summed E-state index contributed by atoms with van der Waals surface area (Å²) in [4.78, 5) is 6.83. The Morgan fingerprint density at radius 3 is 2.67 bits per heavy atom. The van der Waals surface area contributed by atoms with E-state index in [-0.39, 0.29) is 0 Å². The van der Waals surface area contributed by atoms with Crippen molar-refractivity contribution < 1.29 is 5.11 Å². The van der Waals surface area contributed by atoms with Gasteiger partial charge in [-0.2, -0.15) is 10.2 Å². The lowest BCUT2D eigenvalue weighted by atomic mass is 10.0. The molecular weight excluding hydrogens is 380 g/mol. The maximum Gasteiger partial charge on any atom is 0.139 e. The molecule has 0 bridgehead atoms. The molecule has 3 heterocycles. The molecule has 5 rings (SSSR count). The van der Waals surface area contributed by atoms with E-state index >= 15 is 0 Å². The van der Waals surface area contributed by atoms with Crippen LogP contribution in [0, 0.1) is 5.92 Å². The number of aliphatic imine (C=N–C) groups is 1. The van der Waals surface area contributed by atoms with Crippen LogP contribution >= 0.6 is 22.9 Å². The summed E-state index contributed by atoms with van der Waals surface area (Å²) in [5.41, 5.74) is 2.62. The zero-order valence-electron chi connectivity index (χ0n) is 14.5. The van der Waals surface area contributed by atoms with Crippen LogP contribution in [0.5, 0.6) is 0 Å². The third-order valence-corrected chi connectivity index (χ3v) is 6.70. The summed E-state index contributed by atoms with van der Waals surface area (Å²) in [6, 6.07) is 12.0. The summed E-state index contributed by atoms with van der Waals surface area (Å²) in [7, 11) is 0. The zero-order chi connectivity index (χ0) is 18.5. The SMILES string of the molecule is CC1C2N=C(c3sc(-c4ccnnc4)cc3C(O)c3ccc(Cl)cc3)NC12. The van der Waals surface area contributed by atoms with Crippen LogP contribution in [0.25, 0.3) is 10.4 Å². The van der Waals surface area contributed by atoms with E-state index < -0.39 is 6.10 Å². The van der Waals surface area contributed by atoms with Gasteiger partial charge in [-0.25, -0.2) is 0 Å². The second-order valence-corrected chi connectivity index (χ2v) is 8.47. The molecule has 1 aliphatic carbocycles. The molecule has 1 fully saturated rings. The van der Waals surface area contributed by atoms with Crippen molar-refractivity contribution in [3.8, 4) is 10.4 Å². The molecule has 5 nitrogen and oxygen atoms in total. The standard InChI is InChI=1S/C20H17ClN4OS/c1-10-16-17(10)25-20(24-16)19-14(18(26)11-2-4-13(21)5-3-11)8-15(27-19)12-6-7-22-23-9-12/h2-10,16-18,26H,1H3,(H,24,25). The Balaban J connectivity index is 1.58. The van der Waals surface area contributed by atoms with E-state index in [1.54, 1.807) is 35.9 Å². The van der Waals surface area contributed by atoms with E-state index in [2.05, 4.69) is 22.4 Å². The fourth-order valence-electron chi connectivity index (χ4n) is 3.52. The Morgan fingerprint density at radius 1 is 1.19 bits per heavy atom. The van der Waals surface area contributed by atoms with Crippen LogP contribution < -0.4 is 5.32 Å². The van der Waals surface area contributed by atoms with Crippen LogP contribution in [-0.2, 0) is 0 Å². The van der Waals surface area contributed by atoms with Crippen molar-refractivity contribution in [3.05, 3.63) is 69.8 Å². The highest BCUT2D eigenvalue weighted by Gasteiger charge is 2.52. The van der Waals surface area contributed by atoms with Gasteiger partial charge in [0, 0.05) is 26.9 Å². The van der Waals surface area contributed by atoms with Crippen LogP contribution in [-0.4, -0.2) is 33.2 Å². The van der Waals surface area contributed by atoms with Crippen LogP contribution in [0.2, 0.25) is 5.02 Å². The number of aliphatic hydroxyl groups excluding tert-OH is 1. The highest BCUT2D eigenvalue weighted by atomic mass is 35.5. The van der Waals surface area contributed by atoms with Gasteiger partial charge in [-0.1, -0.05) is 30.7 Å². The summed E-state index contributed by atoms with van der Waals surface area (Å²) < 4.78 is 0. The number of thiophene rings is 1. The molecule has 3 aromatic rings. The van der Waals surface area contributed by atoms with Gasteiger partial charge < -0.3 is 10.4 Å². The molecule has 0 spiro atoms. The van der Waals surface area contributed by atoms with E-state index in [0.29, 0.717) is 23.0 Å². The number of amidine groups is 1. The fraction of sp³-hybridized carbons (Fsp3) is 0.250. The van der Waals surface area contributed by atoms with Crippen molar-refractivity contribution in [1.29, 1.82) is 0 Å². The number of rotatable bonds is 4. The molecule has 4 unspecified atom stereocenters. The lowest BCUT2D eigenvalue weighted by Gasteiger charge is -2.13. The number of hydrogen-bond acceptors (Lipinski definition) is 6. The van der Waals surface area contributed by atoms with Crippen LogP contribution in [0.1, 0.15) is 29.0 Å². The second kappa shape index (κ2) is 6.41. The molecule has 2 aromatic heterocycles. The number of benzene rings is 1. The number of hydrogen-bond donors (Lipinski definition) is 2. The largest absolute Gasteiger partial charge is 0.384 e. The first-order valence-electron chi connectivity index (χ1n) is 8.81. The Hall–Kier alpha value is -2.28. The van der Waals surface area contributed by atoms with Gasteiger partial charge in [-0.3, -0.25) is 4.99 Å². The van der Waals surface area contributed by atoms with E-state index in [9.17, 15) is 5.11 Å². The van der Waals surface area contributed by atoms with Gasteiger partial charge in [0.2, 0.25) is 0 Å². The number of aromatic nitrogens is 2. The van der Waals surface area contributed by atoms with Crippen molar-refractivity contribution >= 4 is 28.8 Å². The van der Waals surface area contributed by atoms with Crippen molar-refractivity contribution in [2.24, 2.45) is 10.9 Å². The average Bonchev–Trinajstić information content (AvgIpc) is 3.11. The van der Waals surface area contributed by atoms with Gasteiger partial charge in [0.25, 0.3) is 0 Å². The third kappa shape index (κ3) is 2.94. The third-order valence-electron chi connectivity index (χ3n) is 5.24. The van der Waals surface area contributed by atoms with Crippen LogP contribution in [0.15, 0.2) is 53.8 Å². The molecule has 1 aromatic carbocycles. The monoisotopic (exact) mass is 396 g/mol. The van der Waals surface area contributed by atoms with Crippen molar-refractivity contribution in [2.45, 2.75) is 25.1 Å². The maximum atomic E-state index is 11.1. The van der Waals surface area contributed by atoms with Crippen molar-refractivity contribution in [3.63, 3.8) is 0 Å². The predicted molar refractivity (Wildman–Crippen MR) is 107 cm³/mol.